The van der Waals surface area contributed by atoms with Crippen molar-refractivity contribution in [3.05, 3.63) is 12.2 Å². The highest BCUT2D eigenvalue weighted by Crippen LogP contribution is 2.43. The molecule has 0 rings (SSSR count). The van der Waals surface area contributed by atoms with E-state index in [1.54, 1.807) is 0 Å². The first-order valence-corrected chi connectivity index (χ1v) is 24.7. The smallest absolute Gasteiger partial charge is 0.462 e. The topological polar surface area (TPSA) is 134 Å². The van der Waals surface area contributed by atoms with Crippen LogP contribution < -0.4 is 5.73 Å². The number of carbonyl (C=O) groups is 2. The van der Waals surface area contributed by atoms with Gasteiger partial charge in [-0.3, -0.25) is 18.6 Å². The van der Waals surface area contributed by atoms with E-state index in [4.69, 9.17) is 24.3 Å². The van der Waals surface area contributed by atoms with Crippen molar-refractivity contribution < 1.29 is 37.6 Å². The lowest BCUT2D eigenvalue weighted by Crippen LogP contribution is -2.29. The molecule has 55 heavy (non-hydrogen) atoms. The Morgan fingerprint density at radius 2 is 0.891 bits per heavy atom. The van der Waals surface area contributed by atoms with Crippen LogP contribution in [0.5, 0.6) is 0 Å². The number of nitrogens with two attached hydrogens (primary N) is 1. The Bertz CT molecular complexity index is 917. The molecule has 0 bridgehead atoms. The number of hydrogen-bond acceptors (Lipinski definition) is 8. The molecule has 10 heteroatoms. The number of unbranched alkanes of at least 4 members (excludes halogenated alkanes) is 29. The van der Waals surface area contributed by atoms with Crippen LogP contribution in [0.2, 0.25) is 0 Å². The summed E-state index contributed by atoms with van der Waals surface area (Å²) in [7, 11) is -4.37. The monoisotopic (exact) mass is 802 g/mol. The zero-order valence-corrected chi connectivity index (χ0v) is 36.8. The number of carbonyl (C=O) groups excluding carboxylic acids is 2. The molecule has 0 aliphatic rings. The third-order valence-corrected chi connectivity index (χ3v) is 11.1. The highest BCUT2D eigenvalue weighted by molar-refractivity contribution is 7.47. The average Bonchev–Trinajstić information content (AvgIpc) is 3.17. The minimum atomic E-state index is -4.37. The molecule has 0 heterocycles. The minimum Gasteiger partial charge on any atom is -0.462 e. The fourth-order valence-electron chi connectivity index (χ4n) is 6.69. The maximum Gasteiger partial charge on any atom is 0.472 e. The van der Waals surface area contributed by atoms with Gasteiger partial charge in [0, 0.05) is 19.4 Å². The van der Waals surface area contributed by atoms with Gasteiger partial charge in [-0.25, -0.2) is 4.57 Å². The maximum atomic E-state index is 12.6. The molecule has 0 fully saturated rings. The SMILES string of the molecule is CCCCCCCCC=CCCCCCCCC(=O)O[C@H](COC(=O)CCCCCCCCCCCCCCCCCCCCC)COP(=O)(O)OCCN. The summed E-state index contributed by atoms with van der Waals surface area (Å²) >= 11 is 0. The van der Waals surface area contributed by atoms with Crippen LogP contribution in [0.25, 0.3) is 0 Å². The molecular formula is C45H88NO8P. The summed E-state index contributed by atoms with van der Waals surface area (Å²) in [5, 5.41) is 0. The molecule has 0 aliphatic heterocycles. The van der Waals surface area contributed by atoms with Crippen LogP contribution in [-0.2, 0) is 32.7 Å². The zero-order valence-electron chi connectivity index (χ0n) is 35.9. The third-order valence-electron chi connectivity index (χ3n) is 10.2. The summed E-state index contributed by atoms with van der Waals surface area (Å²) in [6.07, 6.45) is 43.8. The molecule has 326 valence electrons. The summed E-state index contributed by atoms with van der Waals surface area (Å²) in [6, 6.07) is 0. The number of phosphoric acid groups is 1. The Morgan fingerprint density at radius 1 is 0.527 bits per heavy atom. The quantitative estimate of drug-likeness (QED) is 0.0267. The van der Waals surface area contributed by atoms with Crippen molar-refractivity contribution >= 4 is 19.8 Å². The van der Waals surface area contributed by atoms with E-state index < -0.39 is 26.5 Å². The summed E-state index contributed by atoms with van der Waals surface area (Å²) in [6.45, 7) is 3.76. The predicted molar refractivity (Wildman–Crippen MR) is 229 cm³/mol. The van der Waals surface area contributed by atoms with Crippen LogP contribution in [0, 0.1) is 0 Å². The summed E-state index contributed by atoms with van der Waals surface area (Å²) in [5.41, 5.74) is 5.35. The molecule has 0 aliphatic carbocycles. The van der Waals surface area contributed by atoms with Crippen molar-refractivity contribution in [2.24, 2.45) is 5.73 Å². The lowest BCUT2D eigenvalue weighted by atomic mass is 10.0. The Labute approximate surface area is 339 Å². The van der Waals surface area contributed by atoms with Gasteiger partial charge in [0.25, 0.3) is 0 Å². The van der Waals surface area contributed by atoms with Crippen LogP contribution in [-0.4, -0.2) is 49.3 Å². The van der Waals surface area contributed by atoms with Gasteiger partial charge in [-0.2, -0.15) is 0 Å². The molecule has 0 spiro atoms. The van der Waals surface area contributed by atoms with Crippen molar-refractivity contribution in [3.63, 3.8) is 0 Å². The second-order valence-electron chi connectivity index (χ2n) is 15.6. The summed E-state index contributed by atoms with van der Waals surface area (Å²) in [5.74, 6) is -0.825. The second kappa shape index (κ2) is 42.4. The number of esters is 2. The van der Waals surface area contributed by atoms with Gasteiger partial charge in [0.1, 0.15) is 6.61 Å². The molecule has 3 N–H and O–H groups in total. The van der Waals surface area contributed by atoms with E-state index in [1.165, 1.54) is 148 Å². The highest BCUT2D eigenvalue weighted by Gasteiger charge is 2.26. The fraction of sp³-hybridized carbons (Fsp3) is 0.911. The largest absolute Gasteiger partial charge is 0.472 e. The van der Waals surface area contributed by atoms with Gasteiger partial charge in [-0.1, -0.05) is 193 Å². The van der Waals surface area contributed by atoms with Crippen LogP contribution in [0.4, 0.5) is 0 Å². The van der Waals surface area contributed by atoms with Gasteiger partial charge in [-0.05, 0) is 38.5 Å². The number of phosphoric ester groups is 1. The van der Waals surface area contributed by atoms with Gasteiger partial charge in [-0.15, -0.1) is 0 Å². The van der Waals surface area contributed by atoms with Crippen LogP contribution in [0.3, 0.4) is 0 Å². The molecule has 0 aromatic rings. The van der Waals surface area contributed by atoms with E-state index in [0.717, 1.165) is 51.4 Å². The van der Waals surface area contributed by atoms with Crippen molar-refractivity contribution in [1.29, 1.82) is 0 Å². The maximum absolute atomic E-state index is 12.6. The zero-order chi connectivity index (χ0) is 40.3. The van der Waals surface area contributed by atoms with Gasteiger partial charge >= 0.3 is 19.8 Å². The van der Waals surface area contributed by atoms with E-state index in [9.17, 15) is 19.0 Å². The van der Waals surface area contributed by atoms with Gasteiger partial charge in [0.05, 0.1) is 13.2 Å². The van der Waals surface area contributed by atoms with E-state index in [2.05, 4.69) is 26.0 Å². The Kier molecular flexibility index (Phi) is 41.4. The van der Waals surface area contributed by atoms with E-state index in [0.29, 0.717) is 6.42 Å². The number of allylic oxidation sites excluding steroid dienone is 2. The highest BCUT2D eigenvalue weighted by atomic mass is 31.2. The van der Waals surface area contributed by atoms with Crippen LogP contribution in [0.1, 0.15) is 232 Å². The molecule has 0 aromatic heterocycles. The lowest BCUT2D eigenvalue weighted by molar-refractivity contribution is -0.161. The van der Waals surface area contributed by atoms with Crippen LogP contribution in [0.15, 0.2) is 12.2 Å². The molecule has 9 nitrogen and oxygen atoms in total. The molecule has 0 aromatic carbocycles. The minimum absolute atomic E-state index is 0.0549. The van der Waals surface area contributed by atoms with Gasteiger partial charge in [0.2, 0.25) is 0 Å². The average molecular weight is 802 g/mol. The standard InChI is InChI=1S/C45H88NO8P/c1-3-5-7-9-11-13-15-17-19-20-21-22-24-25-27-29-31-33-35-37-44(47)51-41-43(42-53-55(49,50)52-40-39-46)54-45(48)38-36-34-32-30-28-26-23-18-16-14-12-10-8-6-4-2/h18,23,43H,3-17,19-22,24-42,46H2,1-2H3,(H,49,50)/t43-/m1/s1. The second-order valence-corrected chi connectivity index (χ2v) is 17.1. The van der Waals surface area contributed by atoms with Crippen LogP contribution >= 0.6 is 7.82 Å². The van der Waals surface area contributed by atoms with E-state index in [1.807, 2.05) is 0 Å². The fourth-order valence-corrected chi connectivity index (χ4v) is 7.45. The first kappa shape index (κ1) is 53.8. The van der Waals surface area contributed by atoms with E-state index in [-0.39, 0.29) is 38.6 Å². The van der Waals surface area contributed by atoms with Crippen molar-refractivity contribution in [2.75, 3.05) is 26.4 Å². The number of hydrogen-bond donors (Lipinski definition) is 2. The Hall–Kier alpha value is -1.25. The number of rotatable bonds is 44. The van der Waals surface area contributed by atoms with E-state index >= 15 is 0 Å². The molecule has 1 unspecified atom stereocenters. The van der Waals surface area contributed by atoms with Gasteiger partial charge in [0.15, 0.2) is 6.10 Å². The summed E-state index contributed by atoms with van der Waals surface area (Å²) in [4.78, 5) is 34.9. The van der Waals surface area contributed by atoms with Crippen molar-refractivity contribution in [2.45, 2.75) is 238 Å². The molecule has 2 atom stereocenters. The third kappa shape index (κ3) is 42.2. The molecule has 0 saturated carbocycles. The first-order valence-electron chi connectivity index (χ1n) is 23.2. The Balaban J connectivity index is 4.07. The first-order chi connectivity index (χ1) is 26.8. The molecule has 0 radical (unpaired) electrons. The van der Waals surface area contributed by atoms with Crippen molar-refractivity contribution in [1.82, 2.24) is 0 Å². The molecule has 0 saturated heterocycles. The van der Waals surface area contributed by atoms with Gasteiger partial charge < -0.3 is 20.1 Å². The predicted octanol–water partition coefficient (Wildman–Crippen LogP) is 13.4. The Morgan fingerprint density at radius 3 is 1.29 bits per heavy atom. The lowest BCUT2D eigenvalue weighted by Gasteiger charge is -2.19. The summed E-state index contributed by atoms with van der Waals surface area (Å²) < 4.78 is 32.8. The normalized spacial score (nSPS) is 13.3. The molecular weight excluding hydrogens is 713 g/mol. The molecule has 0 amide bonds. The number of ether oxygens (including phenoxy) is 2. The van der Waals surface area contributed by atoms with Crippen molar-refractivity contribution in [3.8, 4) is 0 Å².